The average Bonchev–Trinajstić information content (AvgIpc) is 3.07. The number of ether oxygens (including phenoxy) is 1. The third-order valence-corrected chi connectivity index (χ3v) is 6.62. The van der Waals surface area contributed by atoms with Crippen LogP contribution in [0, 0.1) is 6.92 Å². The van der Waals surface area contributed by atoms with Gasteiger partial charge in [-0.05, 0) is 49.1 Å². The van der Waals surface area contributed by atoms with Gasteiger partial charge in [-0.15, -0.1) is 11.3 Å². The summed E-state index contributed by atoms with van der Waals surface area (Å²) in [6, 6.07) is 18.2. The van der Waals surface area contributed by atoms with E-state index < -0.39 is 0 Å². The Bertz CT molecular complexity index is 1120. The van der Waals surface area contributed by atoms with Crippen molar-refractivity contribution in [3.63, 3.8) is 0 Å². The highest BCUT2D eigenvalue weighted by atomic mass is 32.1. The van der Waals surface area contributed by atoms with Crippen molar-refractivity contribution in [3.05, 3.63) is 76.0 Å². The molecule has 0 atom stereocenters. The zero-order chi connectivity index (χ0) is 21.2. The Labute approximate surface area is 186 Å². The molecular weight excluding hydrogens is 406 g/mol. The van der Waals surface area contributed by atoms with Crippen molar-refractivity contribution >= 4 is 28.8 Å². The summed E-state index contributed by atoms with van der Waals surface area (Å²) < 4.78 is 6.22. The summed E-state index contributed by atoms with van der Waals surface area (Å²) in [5, 5.41) is 2.02. The van der Waals surface area contributed by atoms with Gasteiger partial charge in [0.25, 0.3) is 0 Å². The van der Waals surface area contributed by atoms with E-state index in [1.165, 1.54) is 5.56 Å². The van der Waals surface area contributed by atoms with E-state index in [1.807, 2.05) is 52.7 Å². The Balaban J connectivity index is 1.42. The molecule has 31 heavy (non-hydrogen) atoms. The number of nitrogens with zero attached hydrogens (tertiary/aromatic N) is 3. The fourth-order valence-electron chi connectivity index (χ4n) is 4.13. The molecule has 5 nitrogen and oxygen atoms in total. The van der Waals surface area contributed by atoms with Gasteiger partial charge in [0.2, 0.25) is 5.91 Å². The number of carbonyl (C=O) groups is 1. The molecule has 1 aromatic heterocycles. The minimum absolute atomic E-state index is 0.206. The molecule has 0 radical (unpaired) electrons. The molecular formula is C25H25N3O2S. The second-order valence-corrected chi connectivity index (χ2v) is 9.01. The first-order chi connectivity index (χ1) is 15.2. The quantitative estimate of drug-likeness (QED) is 0.572. The van der Waals surface area contributed by atoms with Crippen LogP contribution in [0.25, 0.3) is 0 Å². The van der Waals surface area contributed by atoms with E-state index in [0.717, 1.165) is 59.5 Å². The van der Waals surface area contributed by atoms with Gasteiger partial charge in [0.15, 0.2) is 5.75 Å². The maximum absolute atomic E-state index is 12.8. The molecule has 0 aliphatic carbocycles. The van der Waals surface area contributed by atoms with Crippen molar-refractivity contribution in [2.75, 3.05) is 26.2 Å². The van der Waals surface area contributed by atoms with Crippen LogP contribution in [0.3, 0.4) is 0 Å². The molecule has 2 aliphatic heterocycles. The van der Waals surface area contributed by atoms with E-state index in [9.17, 15) is 4.79 Å². The second-order valence-electron chi connectivity index (χ2n) is 7.98. The van der Waals surface area contributed by atoms with E-state index in [-0.39, 0.29) is 5.91 Å². The molecule has 2 aromatic carbocycles. The molecule has 0 bridgehead atoms. The summed E-state index contributed by atoms with van der Waals surface area (Å²) in [7, 11) is 0. The number of benzene rings is 2. The Morgan fingerprint density at radius 1 is 1.03 bits per heavy atom. The smallest absolute Gasteiger partial charge is 0.227 e. The predicted octanol–water partition coefficient (Wildman–Crippen LogP) is 5.02. The third kappa shape index (κ3) is 4.21. The van der Waals surface area contributed by atoms with Gasteiger partial charge in [-0.2, -0.15) is 0 Å². The second kappa shape index (κ2) is 8.55. The van der Waals surface area contributed by atoms with Crippen molar-refractivity contribution in [1.82, 2.24) is 9.80 Å². The maximum Gasteiger partial charge on any atom is 0.227 e. The number of aliphatic imine (C=N–C) groups is 1. The Morgan fingerprint density at radius 2 is 1.94 bits per heavy atom. The molecule has 5 rings (SSSR count). The van der Waals surface area contributed by atoms with Crippen LogP contribution >= 0.6 is 11.3 Å². The number of rotatable bonds is 2. The van der Waals surface area contributed by atoms with Crippen LogP contribution < -0.4 is 4.74 Å². The van der Waals surface area contributed by atoms with Gasteiger partial charge in [-0.1, -0.05) is 29.8 Å². The molecule has 0 N–H and O–H groups in total. The Morgan fingerprint density at radius 3 is 2.81 bits per heavy atom. The first-order valence-electron chi connectivity index (χ1n) is 10.7. The number of thiophene rings is 1. The van der Waals surface area contributed by atoms with Crippen molar-refractivity contribution in [2.45, 2.75) is 19.8 Å². The highest BCUT2D eigenvalue weighted by molar-refractivity contribution is 7.10. The van der Waals surface area contributed by atoms with Crippen LogP contribution in [-0.4, -0.2) is 47.7 Å². The first-order valence-corrected chi connectivity index (χ1v) is 11.6. The van der Waals surface area contributed by atoms with Gasteiger partial charge in [-0.25, -0.2) is 4.99 Å². The van der Waals surface area contributed by atoms with Gasteiger partial charge < -0.3 is 14.5 Å². The molecule has 1 saturated heterocycles. The fraction of sp³-hybridized carbons (Fsp3) is 0.280. The van der Waals surface area contributed by atoms with Crippen molar-refractivity contribution in [3.8, 4) is 11.5 Å². The number of aryl methyl sites for hydroxylation is 1. The number of fused-ring (bicyclic) bond motifs is 2. The van der Waals surface area contributed by atoms with E-state index in [0.29, 0.717) is 13.0 Å². The minimum Gasteiger partial charge on any atom is -0.454 e. The number of amidine groups is 1. The highest BCUT2D eigenvalue weighted by Gasteiger charge is 2.26. The van der Waals surface area contributed by atoms with Gasteiger partial charge in [-0.3, -0.25) is 4.79 Å². The maximum atomic E-state index is 12.8. The zero-order valence-corrected chi connectivity index (χ0v) is 18.4. The predicted molar refractivity (Wildman–Crippen MR) is 125 cm³/mol. The van der Waals surface area contributed by atoms with Gasteiger partial charge in [0.1, 0.15) is 17.3 Å². The van der Waals surface area contributed by atoms with Crippen molar-refractivity contribution in [2.24, 2.45) is 4.99 Å². The number of carbonyl (C=O) groups excluding carboxylic acids is 1. The Kier molecular flexibility index (Phi) is 5.47. The number of amides is 1. The summed E-state index contributed by atoms with van der Waals surface area (Å²) in [5.74, 6) is 2.72. The van der Waals surface area contributed by atoms with Crippen molar-refractivity contribution in [1.29, 1.82) is 0 Å². The molecule has 1 fully saturated rings. The van der Waals surface area contributed by atoms with Gasteiger partial charge in [0.05, 0.1) is 12.0 Å². The standard InChI is InChI=1S/C25H25N3O2S/c1-18-9-10-22-20(16-18)25(26-21-7-2-3-8-23(21)30-22)28-12-5-11-27(13-14-28)24(29)17-19-6-4-15-31-19/h2-4,6-10,15-16H,5,11-14,17H2,1H3. The van der Waals surface area contributed by atoms with Gasteiger partial charge in [0, 0.05) is 31.1 Å². The molecule has 0 unspecified atom stereocenters. The monoisotopic (exact) mass is 431 g/mol. The van der Waals surface area contributed by atoms with E-state index >= 15 is 0 Å². The van der Waals surface area contributed by atoms with Crippen LogP contribution in [0.4, 0.5) is 5.69 Å². The summed E-state index contributed by atoms with van der Waals surface area (Å²) in [5.41, 5.74) is 3.01. The van der Waals surface area contributed by atoms with Crippen LogP contribution in [-0.2, 0) is 11.2 Å². The molecule has 2 aliphatic rings. The number of hydrogen-bond acceptors (Lipinski definition) is 5. The van der Waals surface area contributed by atoms with E-state index in [4.69, 9.17) is 9.73 Å². The third-order valence-electron chi connectivity index (χ3n) is 5.74. The SMILES string of the molecule is Cc1ccc2c(c1)C(N1CCCN(C(=O)Cc3cccs3)CC1)=Nc1ccccc1O2. The molecule has 0 saturated carbocycles. The van der Waals surface area contributed by atoms with Gasteiger partial charge >= 0.3 is 0 Å². The highest BCUT2D eigenvalue weighted by Crippen LogP contribution is 2.38. The molecule has 3 heterocycles. The molecule has 6 heteroatoms. The lowest BCUT2D eigenvalue weighted by molar-refractivity contribution is -0.130. The molecule has 0 spiro atoms. The lowest BCUT2D eigenvalue weighted by atomic mass is 10.1. The molecule has 3 aromatic rings. The van der Waals surface area contributed by atoms with Crippen LogP contribution in [0.15, 0.2) is 65.0 Å². The van der Waals surface area contributed by atoms with Crippen LogP contribution in [0.5, 0.6) is 11.5 Å². The normalized spacial score (nSPS) is 15.8. The first kappa shape index (κ1) is 19.8. The van der Waals surface area contributed by atoms with Crippen molar-refractivity contribution < 1.29 is 9.53 Å². The number of para-hydroxylation sites is 2. The zero-order valence-electron chi connectivity index (χ0n) is 17.6. The summed E-state index contributed by atoms with van der Waals surface area (Å²) in [4.78, 5) is 23.3. The summed E-state index contributed by atoms with van der Waals surface area (Å²) in [6.45, 7) is 5.18. The summed E-state index contributed by atoms with van der Waals surface area (Å²) in [6.07, 6.45) is 1.40. The van der Waals surface area contributed by atoms with E-state index in [1.54, 1.807) is 11.3 Å². The van der Waals surface area contributed by atoms with Crippen LogP contribution in [0.1, 0.15) is 22.4 Å². The lowest BCUT2D eigenvalue weighted by Crippen LogP contribution is -2.38. The average molecular weight is 432 g/mol. The molecule has 158 valence electrons. The topological polar surface area (TPSA) is 45.1 Å². The van der Waals surface area contributed by atoms with Crippen LogP contribution in [0.2, 0.25) is 0 Å². The molecule has 1 amide bonds. The number of hydrogen-bond donors (Lipinski definition) is 0. The largest absolute Gasteiger partial charge is 0.454 e. The minimum atomic E-state index is 0.206. The Hall–Kier alpha value is -3.12. The summed E-state index contributed by atoms with van der Waals surface area (Å²) >= 11 is 1.64. The fourth-order valence-corrected chi connectivity index (χ4v) is 4.83. The lowest BCUT2D eigenvalue weighted by Gasteiger charge is -2.25. The van der Waals surface area contributed by atoms with E-state index in [2.05, 4.69) is 24.0 Å².